The SMILES string of the molecule is O=S1(=O)CCC(Oc2c(F)cccc2CCl)C1. The maximum Gasteiger partial charge on any atom is 0.165 e. The summed E-state index contributed by atoms with van der Waals surface area (Å²) in [4.78, 5) is 0. The van der Waals surface area contributed by atoms with Crippen LogP contribution in [0.3, 0.4) is 0 Å². The van der Waals surface area contributed by atoms with Crippen molar-refractivity contribution in [1.82, 2.24) is 0 Å². The molecule has 0 radical (unpaired) electrons. The van der Waals surface area contributed by atoms with E-state index in [4.69, 9.17) is 16.3 Å². The van der Waals surface area contributed by atoms with Crippen LogP contribution in [0, 0.1) is 5.82 Å². The van der Waals surface area contributed by atoms with E-state index in [1.54, 1.807) is 12.1 Å². The topological polar surface area (TPSA) is 43.4 Å². The standard InChI is InChI=1S/C11H12ClFO3S/c12-6-8-2-1-3-10(13)11(8)16-9-4-5-17(14,15)7-9/h1-3,9H,4-7H2. The van der Waals surface area contributed by atoms with Gasteiger partial charge in [0.25, 0.3) is 0 Å². The van der Waals surface area contributed by atoms with Gasteiger partial charge in [0.2, 0.25) is 0 Å². The molecular weight excluding hydrogens is 267 g/mol. The summed E-state index contributed by atoms with van der Waals surface area (Å²) in [6.45, 7) is 0. The van der Waals surface area contributed by atoms with Crippen LogP contribution in [-0.2, 0) is 15.7 Å². The molecule has 1 unspecified atom stereocenters. The van der Waals surface area contributed by atoms with Gasteiger partial charge in [0.15, 0.2) is 21.4 Å². The number of ether oxygens (including phenoxy) is 1. The number of benzene rings is 1. The Bertz CT molecular complexity index is 515. The van der Waals surface area contributed by atoms with Crippen LogP contribution in [-0.4, -0.2) is 26.0 Å². The summed E-state index contributed by atoms with van der Waals surface area (Å²) < 4.78 is 41.5. The van der Waals surface area contributed by atoms with Crippen LogP contribution in [0.2, 0.25) is 0 Å². The van der Waals surface area contributed by atoms with Crippen molar-refractivity contribution in [2.24, 2.45) is 0 Å². The minimum atomic E-state index is -3.03. The highest BCUT2D eigenvalue weighted by molar-refractivity contribution is 7.91. The molecule has 0 spiro atoms. The molecule has 0 saturated carbocycles. The first-order valence-electron chi connectivity index (χ1n) is 5.22. The van der Waals surface area contributed by atoms with Crippen LogP contribution in [0.25, 0.3) is 0 Å². The molecule has 2 rings (SSSR count). The zero-order valence-electron chi connectivity index (χ0n) is 9.03. The Morgan fingerprint density at radius 2 is 2.24 bits per heavy atom. The van der Waals surface area contributed by atoms with Gasteiger partial charge in [0.05, 0.1) is 17.4 Å². The van der Waals surface area contributed by atoms with E-state index in [1.165, 1.54) is 6.07 Å². The molecule has 1 aromatic carbocycles. The molecule has 1 aliphatic rings. The fraction of sp³-hybridized carbons (Fsp3) is 0.455. The normalized spacial score (nSPS) is 22.6. The first kappa shape index (κ1) is 12.6. The fourth-order valence-corrected chi connectivity index (χ4v) is 3.61. The van der Waals surface area contributed by atoms with Crippen molar-refractivity contribution in [3.05, 3.63) is 29.6 Å². The molecule has 1 saturated heterocycles. The number of hydrogen-bond acceptors (Lipinski definition) is 3. The average molecular weight is 279 g/mol. The average Bonchev–Trinajstić information content (AvgIpc) is 2.61. The van der Waals surface area contributed by atoms with Crippen molar-refractivity contribution < 1.29 is 17.5 Å². The van der Waals surface area contributed by atoms with Gasteiger partial charge in [-0.2, -0.15) is 0 Å². The molecule has 94 valence electrons. The highest BCUT2D eigenvalue weighted by Gasteiger charge is 2.30. The molecule has 0 aliphatic carbocycles. The third-order valence-electron chi connectivity index (χ3n) is 2.67. The van der Waals surface area contributed by atoms with Crippen LogP contribution in [0.4, 0.5) is 4.39 Å². The van der Waals surface area contributed by atoms with Crippen molar-refractivity contribution >= 4 is 21.4 Å². The van der Waals surface area contributed by atoms with Crippen molar-refractivity contribution in [2.75, 3.05) is 11.5 Å². The van der Waals surface area contributed by atoms with Crippen molar-refractivity contribution in [2.45, 2.75) is 18.4 Å². The molecule has 0 N–H and O–H groups in total. The number of para-hydroxylation sites is 1. The van der Waals surface area contributed by atoms with Gasteiger partial charge in [-0.15, -0.1) is 11.6 Å². The van der Waals surface area contributed by atoms with E-state index in [-0.39, 0.29) is 23.1 Å². The second-order valence-electron chi connectivity index (χ2n) is 4.00. The highest BCUT2D eigenvalue weighted by atomic mass is 35.5. The third kappa shape index (κ3) is 2.90. The number of alkyl halides is 1. The Labute approximate surface area is 104 Å². The van der Waals surface area contributed by atoms with Crippen molar-refractivity contribution in [3.8, 4) is 5.75 Å². The zero-order chi connectivity index (χ0) is 12.5. The number of hydrogen-bond donors (Lipinski definition) is 0. The van der Waals surface area contributed by atoms with Crippen LogP contribution in [0.1, 0.15) is 12.0 Å². The third-order valence-corrected chi connectivity index (χ3v) is 4.69. The molecule has 6 heteroatoms. The summed E-state index contributed by atoms with van der Waals surface area (Å²) in [6.07, 6.45) is -0.0721. The largest absolute Gasteiger partial charge is 0.486 e. The summed E-state index contributed by atoms with van der Waals surface area (Å²) in [5.74, 6) is -0.255. The van der Waals surface area contributed by atoms with E-state index in [1.807, 2.05) is 0 Å². The molecule has 1 aromatic rings. The van der Waals surface area contributed by atoms with Gasteiger partial charge in [-0.05, 0) is 12.5 Å². The Balaban J connectivity index is 2.19. The molecule has 3 nitrogen and oxygen atoms in total. The molecule has 1 heterocycles. The molecule has 0 bridgehead atoms. The van der Waals surface area contributed by atoms with Crippen LogP contribution >= 0.6 is 11.6 Å². The minimum absolute atomic E-state index is 0.0525. The Hall–Kier alpha value is -0.810. The summed E-state index contributed by atoms with van der Waals surface area (Å²) in [7, 11) is -3.03. The lowest BCUT2D eigenvalue weighted by molar-refractivity contribution is 0.217. The Morgan fingerprint density at radius 3 is 2.82 bits per heavy atom. The lowest BCUT2D eigenvalue weighted by Gasteiger charge is -2.15. The quantitative estimate of drug-likeness (QED) is 0.796. The maximum absolute atomic E-state index is 13.6. The number of halogens is 2. The smallest absolute Gasteiger partial charge is 0.165 e. The van der Waals surface area contributed by atoms with E-state index < -0.39 is 21.8 Å². The van der Waals surface area contributed by atoms with Crippen LogP contribution in [0.15, 0.2) is 18.2 Å². The summed E-state index contributed by atoms with van der Waals surface area (Å²) in [5.41, 5.74) is 0.538. The minimum Gasteiger partial charge on any atom is -0.486 e. The van der Waals surface area contributed by atoms with Gasteiger partial charge in [-0.25, -0.2) is 12.8 Å². The zero-order valence-corrected chi connectivity index (χ0v) is 10.6. The Morgan fingerprint density at radius 1 is 1.47 bits per heavy atom. The molecule has 1 aliphatic heterocycles. The van der Waals surface area contributed by atoms with Crippen molar-refractivity contribution in [1.29, 1.82) is 0 Å². The molecule has 0 amide bonds. The van der Waals surface area contributed by atoms with Gasteiger partial charge in [-0.1, -0.05) is 12.1 Å². The number of rotatable bonds is 3. The van der Waals surface area contributed by atoms with E-state index in [0.29, 0.717) is 12.0 Å². The monoisotopic (exact) mass is 278 g/mol. The molecule has 1 atom stereocenters. The van der Waals surface area contributed by atoms with Gasteiger partial charge in [0, 0.05) is 5.56 Å². The first-order valence-corrected chi connectivity index (χ1v) is 7.58. The Kier molecular flexibility index (Phi) is 3.58. The van der Waals surface area contributed by atoms with Crippen LogP contribution in [0.5, 0.6) is 5.75 Å². The molecule has 17 heavy (non-hydrogen) atoms. The first-order chi connectivity index (χ1) is 8.02. The van der Waals surface area contributed by atoms with Crippen molar-refractivity contribution in [3.63, 3.8) is 0 Å². The van der Waals surface area contributed by atoms with Gasteiger partial charge in [-0.3, -0.25) is 0 Å². The molecule has 1 fully saturated rings. The lowest BCUT2D eigenvalue weighted by atomic mass is 10.2. The van der Waals surface area contributed by atoms with Gasteiger partial charge in [0.1, 0.15) is 6.10 Å². The predicted octanol–water partition coefficient (Wildman–Crippen LogP) is 2.13. The summed E-state index contributed by atoms with van der Waals surface area (Å²) in [5, 5.41) is 0. The number of sulfone groups is 1. The second kappa shape index (κ2) is 4.82. The lowest BCUT2D eigenvalue weighted by Crippen LogP contribution is -2.19. The molecular formula is C11H12ClFO3S. The summed E-state index contributed by atoms with van der Waals surface area (Å²) in [6, 6.07) is 4.48. The van der Waals surface area contributed by atoms with E-state index in [2.05, 4.69) is 0 Å². The summed E-state index contributed by atoms with van der Waals surface area (Å²) >= 11 is 5.68. The van der Waals surface area contributed by atoms with E-state index in [9.17, 15) is 12.8 Å². The van der Waals surface area contributed by atoms with Gasteiger partial charge >= 0.3 is 0 Å². The fourth-order valence-electron chi connectivity index (χ4n) is 1.81. The highest BCUT2D eigenvalue weighted by Crippen LogP contribution is 2.27. The van der Waals surface area contributed by atoms with E-state index >= 15 is 0 Å². The van der Waals surface area contributed by atoms with Gasteiger partial charge < -0.3 is 4.74 Å². The van der Waals surface area contributed by atoms with Crippen LogP contribution < -0.4 is 4.74 Å². The molecule has 0 aromatic heterocycles. The predicted molar refractivity (Wildman–Crippen MR) is 63.6 cm³/mol. The van der Waals surface area contributed by atoms with E-state index in [0.717, 1.165) is 0 Å². The second-order valence-corrected chi connectivity index (χ2v) is 6.50. The maximum atomic E-state index is 13.6.